The van der Waals surface area contributed by atoms with Crippen molar-refractivity contribution in [1.29, 1.82) is 0 Å². The van der Waals surface area contributed by atoms with Gasteiger partial charge in [0.1, 0.15) is 0 Å². The number of amides is 1. The van der Waals surface area contributed by atoms with Gasteiger partial charge >= 0.3 is 77.6 Å². The number of allylic oxidation sites excluding steroid dienone is 4. The van der Waals surface area contributed by atoms with Crippen molar-refractivity contribution in [3.63, 3.8) is 0 Å². The molecular weight excluding hydrogens is 463 g/mol. The maximum atomic E-state index is 11.3. The number of benzene rings is 1. The smallest absolute Gasteiger partial charge is 0.667 e. The van der Waals surface area contributed by atoms with Gasteiger partial charge in [-0.1, -0.05) is 26.7 Å². The van der Waals surface area contributed by atoms with Gasteiger partial charge in [-0.2, -0.15) is 11.1 Å². The molecule has 0 saturated heterocycles. The van der Waals surface area contributed by atoms with Gasteiger partial charge in [0.05, 0.1) is 5.91 Å². The van der Waals surface area contributed by atoms with E-state index in [4.69, 9.17) is 5.73 Å². The van der Waals surface area contributed by atoms with Gasteiger partial charge in [0.15, 0.2) is 0 Å². The van der Waals surface area contributed by atoms with E-state index >= 15 is 0 Å². The molecule has 4 saturated carbocycles. The second-order valence-corrected chi connectivity index (χ2v) is 12.1. The summed E-state index contributed by atoms with van der Waals surface area (Å²) in [5, 5.41) is 0. The van der Waals surface area contributed by atoms with Crippen molar-refractivity contribution in [3.05, 3.63) is 58.9 Å². The summed E-state index contributed by atoms with van der Waals surface area (Å²) in [6.45, 7) is 8.67. The third kappa shape index (κ3) is 5.42. The predicted octanol–water partition coefficient (Wildman–Crippen LogP) is 5.91. The number of carbonyl (C=O) groups excluding carboxylic acids is 1. The Morgan fingerprint density at radius 2 is 1.63 bits per heavy atom. The molecule has 30 heavy (non-hydrogen) atoms. The fraction of sp³-hybridized carbons (Fsp3) is 0.577. The van der Waals surface area contributed by atoms with E-state index in [0.29, 0.717) is 11.8 Å². The minimum atomic E-state index is -0.253. The number of carbonyl (C=O) groups is 1. The summed E-state index contributed by atoms with van der Waals surface area (Å²) in [7, 11) is 0. The van der Waals surface area contributed by atoms with Crippen LogP contribution in [0, 0.1) is 35.2 Å². The van der Waals surface area contributed by atoms with Crippen LogP contribution in [0.5, 0.6) is 0 Å². The Labute approximate surface area is 204 Å². The summed E-state index contributed by atoms with van der Waals surface area (Å²) in [6.07, 6.45) is 9.32. The molecule has 3 unspecified atom stereocenters. The Morgan fingerprint density at radius 1 is 1.07 bits per heavy atom. The molecule has 0 heterocycles. The quantitative estimate of drug-likeness (QED) is 0.369. The normalized spacial score (nSPS) is 32.5. The largest absolute Gasteiger partial charge is 2.00 e. The summed E-state index contributed by atoms with van der Waals surface area (Å²) in [5.41, 5.74) is 11.5. The topological polar surface area (TPSA) is 40.9 Å². The minimum Gasteiger partial charge on any atom is -0.667 e. The number of nitrogens with one attached hydrogen (secondary N) is 1. The van der Waals surface area contributed by atoms with Crippen LogP contribution in [-0.2, 0) is 26.5 Å². The molecule has 0 spiro atoms. The van der Waals surface area contributed by atoms with E-state index in [2.05, 4.69) is 69.9 Å². The molecule has 6 rings (SSSR count). The molecule has 5 aliphatic rings. The standard InChI is InChI=1S/C10H15NO.C9H13.C7H9Ge.Ti/c11-9(12)10-4-6-1-7(5-10)3-8(10)2-6;1-6-5-7(2)9(4)8(6)3;1-8-7-5-3-2-4-6-7;/h6-8H,1-5H2,(H2,11,12);6H,1-4H3;2-6,8H,1H3;/q;-1;;+2/p-1. The summed E-state index contributed by atoms with van der Waals surface area (Å²) in [6, 6.07) is 10.7. The van der Waals surface area contributed by atoms with Crippen LogP contribution in [0.15, 0.2) is 47.1 Å². The van der Waals surface area contributed by atoms with Gasteiger partial charge in [0.2, 0.25) is 0 Å². The Kier molecular flexibility index (Phi) is 9.28. The maximum Gasteiger partial charge on any atom is 2.00 e. The molecule has 1 aromatic carbocycles. The number of rotatable bonds is 2. The van der Waals surface area contributed by atoms with E-state index in [1.54, 1.807) is 4.40 Å². The first-order chi connectivity index (χ1) is 13.8. The van der Waals surface area contributed by atoms with E-state index in [0.717, 1.165) is 24.7 Å². The molecule has 5 aliphatic carbocycles. The molecule has 2 nitrogen and oxygen atoms in total. The number of hydrogen-bond donors (Lipinski definition) is 0. The summed E-state index contributed by atoms with van der Waals surface area (Å²) < 4.78 is 1.57. The van der Waals surface area contributed by atoms with Gasteiger partial charge in [0.25, 0.3) is 0 Å². The SMILES string of the molecule is CC1=[C-]C(C)C(C)=C1C.[CH3][GeH][c]1ccccc1.[NH-]C(=O)C12CC3CC(CC1C3)C2.[Ti+2]. The van der Waals surface area contributed by atoms with E-state index in [1.165, 1.54) is 36.0 Å². The Hall–Kier alpha value is -0.573. The molecular formula is C26H36GeNOTi. The molecule has 0 aromatic heterocycles. The van der Waals surface area contributed by atoms with Crippen LogP contribution in [0.4, 0.5) is 0 Å². The van der Waals surface area contributed by atoms with Gasteiger partial charge in [-0.3, -0.25) is 6.08 Å². The zero-order chi connectivity index (χ0) is 21.2. The molecule has 4 heteroatoms. The van der Waals surface area contributed by atoms with E-state index < -0.39 is 0 Å². The summed E-state index contributed by atoms with van der Waals surface area (Å²) in [4.78, 5) is 11.3. The minimum absolute atomic E-state index is 0. The molecule has 1 N–H and O–H groups in total. The van der Waals surface area contributed by atoms with Gasteiger partial charge < -0.3 is 10.5 Å². The molecule has 4 bridgehead atoms. The average molecular weight is 499 g/mol. The van der Waals surface area contributed by atoms with Crippen LogP contribution in [-0.4, -0.2) is 21.3 Å². The van der Waals surface area contributed by atoms with Gasteiger partial charge in [-0.15, -0.1) is 6.92 Å². The predicted molar refractivity (Wildman–Crippen MR) is 124 cm³/mol. The van der Waals surface area contributed by atoms with Crippen LogP contribution in [0.3, 0.4) is 0 Å². The van der Waals surface area contributed by atoms with Crippen molar-refractivity contribution in [3.8, 4) is 0 Å². The zero-order valence-electron chi connectivity index (χ0n) is 19.2. The van der Waals surface area contributed by atoms with Crippen molar-refractivity contribution in [2.75, 3.05) is 0 Å². The zero-order valence-corrected chi connectivity index (χ0v) is 23.2. The monoisotopic (exact) mass is 500 g/mol. The van der Waals surface area contributed by atoms with Crippen molar-refractivity contribution < 1.29 is 26.5 Å². The summed E-state index contributed by atoms with van der Waals surface area (Å²) in [5.74, 6) is 4.83. The number of hydrogen-bond acceptors (Lipinski definition) is 1. The maximum absolute atomic E-state index is 11.3. The van der Waals surface area contributed by atoms with Crippen LogP contribution in [0.2, 0.25) is 5.76 Å². The molecule has 1 radical (unpaired) electrons. The van der Waals surface area contributed by atoms with Gasteiger partial charge in [0, 0.05) is 5.41 Å². The van der Waals surface area contributed by atoms with Gasteiger partial charge in [-0.05, 0) is 49.9 Å². The van der Waals surface area contributed by atoms with Crippen molar-refractivity contribution in [1.82, 2.24) is 0 Å². The first-order valence-electron chi connectivity index (χ1n) is 11.1. The first-order valence-corrected chi connectivity index (χ1v) is 14.8. The molecule has 4 fully saturated rings. The van der Waals surface area contributed by atoms with Crippen molar-refractivity contribution >= 4 is 25.7 Å². The van der Waals surface area contributed by atoms with Crippen LogP contribution >= 0.6 is 0 Å². The first kappa shape index (κ1) is 25.7. The van der Waals surface area contributed by atoms with Crippen molar-refractivity contribution in [2.24, 2.45) is 29.1 Å². The fourth-order valence-corrected chi connectivity index (χ4v) is 7.25. The Balaban J connectivity index is 0.000000162. The molecule has 1 aromatic rings. The van der Waals surface area contributed by atoms with Crippen LogP contribution in [0.1, 0.15) is 59.8 Å². The van der Waals surface area contributed by atoms with E-state index in [-0.39, 0.29) is 48.5 Å². The average Bonchev–Trinajstić information content (AvgIpc) is 3.22. The molecule has 1 amide bonds. The third-order valence-electron chi connectivity index (χ3n) is 7.81. The van der Waals surface area contributed by atoms with Crippen molar-refractivity contribution in [2.45, 2.75) is 65.6 Å². The third-order valence-corrected chi connectivity index (χ3v) is 10.0. The van der Waals surface area contributed by atoms with E-state index in [1.807, 2.05) is 0 Å². The Bertz CT molecular complexity index is 787. The Morgan fingerprint density at radius 3 is 1.93 bits per heavy atom. The second kappa shape index (κ2) is 10.8. The molecule has 3 atom stereocenters. The molecule has 0 aliphatic heterocycles. The van der Waals surface area contributed by atoms with E-state index in [9.17, 15) is 4.79 Å². The van der Waals surface area contributed by atoms with Crippen LogP contribution < -0.4 is 4.40 Å². The van der Waals surface area contributed by atoms with Gasteiger partial charge in [-0.25, -0.2) is 5.57 Å². The second-order valence-electron chi connectivity index (χ2n) is 9.53. The molecule has 159 valence electrons. The summed E-state index contributed by atoms with van der Waals surface area (Å²) >= 11 is -0.0398. The fourth-order valence-electron chi connectivity index (χ4n) is 5.97. The van der Waals surface area contributed by atoms with Crippen LogP contribution in [0.25, 0.3) is 5.73 Å².